The van der Waals surface area contributed by atoms with E-state index in [0.717, 1.165) is 17.5 Å². The van der Waals surface area contributed by atoms with Crippen molar-refractivity contribution in [3.05, 3.63) is 82.0 Å². The van der Waals surface area contributed by atoms with Crippen molar-refractivity contribution >= 4 is 5.91 Å². The molecule has 0 aliphatic carbocycles. The standard InChI is InChI=1S/C22H25N5O2/c1-16-19(22(29)26-21(25-16)18-8-5-11-24-15-18)14-20(28)27(13-10-23)12-9-17-6-3-2-4-7-17/h2-8,11,15H,9-10,12-14,23H2,1H3,(H,25,26,29). The summed E-state index contributed by atoms with van der Waals surface area (Å²) in [6.07, 6.45) is 4.02. The largest absolute Gasteiger partial charge is 0.341 e. The summed E-state index contributed by atoms with van der Waals surface area (Å²) in [5.74, 6) is 0.315. The lowest BCUT2D eigenvalue weighted by atomic mass is 10.1. The molecule has 3 rings (SSSR count). The predicted molar refractivity (Wildman–Crippen MR) is 112 cm³/mol. The van der Waals surface area contributed by atoms with Gasteiger partial charge in [-0.3, -0.25) is 14.6 Å². The Morgan fingerprint density at radius 1 is 1.14 bits per heavy atom. The van der Waals surface area contributed by atoms with E-state index < -0.39 is 0 Å². The molecule has 1 amide bonds. The van der Waals surface area contributed by atoms with Gasteiger partial charge in [0.1, 0.15) is 5.82 Å². The summed E-state index contributed by atoms with van der Waals surface area (Å²) in [5.41, 5.74) is 8.18. The number of hydrogen-bond donors (Lipinski definition) is 2. The molecule has 29 heavy (non-hydrogen) atoms. The number of pyridine rings is 1. The maximum absolute atomic E-state index is 12.9. The van der Waals surface area contributed by atoms with Crippen molar-refractivity contribution in [1.82, 2.24) is 19.9 Å². The third-order valence-corrected chi connectivity index (χ3v) is 4.75. The van der Waals surface area contributed by atoms with Crippen LogP contribution in [0.3, 0.4) is 0 Å². The Hall–Kier alpha value is -3.32. The van der Waals surface area contributed by atoms with Gasteiger partial charge in [-0.25, -0.2) is 4.98 Å². The topological polar surface area (TPSA) is 105 Å². The third-order valence-electron chi connectivity index (χ3n) is 4.75. The quantitative estimate of drug-likeness (QED) is 0.608. The normalized spacial score (nSPS) is 10.7. The number of benzene rings is 1. The van der Waals surface area contributed by atoms with E-state index >= 15 is 0 Å². The number of nitrogens with two attached hydrogens (primary N) is 1. The Kier molecular flexibility index (Phi) is 6.86. The Bertz CT molecular complexity index is 1000. The van der Waals surface area contributed by atoms with Gasteiger partial charge in [0, 0.05) is 48.8 Å². The molecule has 0 unspecified atom stereocenters. The van der Waals surface area contributed by atoms with Gasteiger partial charge in [-0.1, -0.05) is 30.3 Å². The fourth-order valence-electron chi connectivity index (χ4n) is 3.15. The van der Waals surface area contributed by atoms with E-state index in [1.807, 2.05) is 36.4 Å². The number of nitrogens with one attached hydrogen (secondary N) is 1. The summed E-state index contributed by atoms with van der Waals surface area (Å²) >= 11 is 0. The van der Waals surface area contributed by atoms with Crippen molar-refractivity contribution in [1.29, 1.82) is 0 Å². The van der Waals surface area contributed by atoms with Crippen LogP contribution >= 0.6 is 0 Å². The molecule has 2 aromatic heterocycles. The van der Waals surface area contributed by atoms with Gasteiger partial charge in [-0.2, -0.15) is 0 Å². The number of rotatable bonds is 8. The predicted octanol–water partition coefficient (Wildman–Crippen LogP) is 1.71. The molecular formula is C22H25N5O2. The summed E-state index contributed by atoms with van der Waals surface area (Å²) < 4.78 is 0. The molecule has 7 nitrogen and oxygen atoms in total. The molecule has 1 aromatic carbocycles. The fourth-order valence-corrected chi connectivity index (χ4v) is 3.15. The number of hydrogen-bond acceptors (Lipinski definition) is 5. The number of aromatic nitrogens is 3. The van der Waals surface area contributed by atoms with Crippen LogP contribution in [0.25, 0.3) is 11.4 Å². The second-order valence-electron chi connectivity index (χ2n) is 6.80. The van der Waals surface area contributed by atoms with Gasteiger partial charge in [-0.15, -0.1) is 0 Å². The molecule has 0 radical (unpaired) electrons. The minimum atomic E-state index is -0.305. The van der Waals surface area contributed by atoms with Crippen molar-refractivity contribution in [2.45, 2.75) is 19.8 Å². The van der Waals surface area contributed by atoms with Crippen LogP contribution in [0.15, 0.2) is 59.7 Å². The lowest BCUT2D eigenvalue weighted by Crippen LogP contribution is -2.39. The molecule has 7 heteroatoms. The molecule has 3 aromatic rings. The second-order valence-corrected chi connectivity index (χ2v) is 6.80. The third kappa shape index (κ3) is 5.36. The first-order valence-electron chi connectivity index (χ1n) is 9.60. The van der Waals surface area contributed by atoms with Crippen molar-refractivity contribution < 1.29 is 4.79 Å². The van der Waals surface area contributed by atoms with Crippen molar-refractivity contribution in [3.63, 3.8) is 0 Å². The van der Waals surface area contributed by atoms with E-state index in [0.29, 0.717) is 36.7 Å². The van der Waals surface area contributed by atoms with Gasteiger partial charge in [0.15, 0.2) is 0 Å². The number of amides is 1. The Balaban J connectivity index is 1.74. The first-order chi connectivity index (χ1) is 14.1. The van der Waals surface area contributed by atoms with Crippen LogP contribution in [0.5, 0.6) is 0 Å². The molecular weight excluding hydrogens is 366 g/mol. The van der Waals surface area contributed by atoms with E-state index in [1.165, 1.54) is 0 Å². The molecule has 0 saturated heterocycles. The van der Waals surface area contributed by atoms with E-state index in [9.17, 15) is 9.59 Å². The molecule has 150 valence electrons. The van der Waals surface area contributed by atoms with Gasteiger partial charge in [0.25, 0.3) is 5.56 Å². The van der Waals surface area contributed by atoms with E-state index in [2.05, 4.69) is 15.0 Å². The molecule has 0 atom stereocenters. The molecule has 0 aliphatic rings. The molecule has 0 spiro atoms. The molecule has 3 N–H and O–H groups in total. The number of carbonyl (C=O) groups is 1. The molecule has 0 fully saturated rings. The summed E-state index contributed by atoms with van der Waals surface area (Å²) in [6, 6.07) is 13.6. The molecule has 0 aliphatic heterocycles. The molecule has 0 bridgehead atoms. The fraction of sp³-hybridized carbons (Fsp3) is 0.273. The Morgan fingerprint density at radius 2 is 1.93 bits per heavy atom. The van der Waals surface area contributed by atoms with E-state index in [4.69, 9.17) is 5.73 Å². The van der Waals surface area contributed by atoms with Crippen LogP contribution in [0.2, 0.25) is 0 Å². The Morgan fingerprint density at radius 3 is 2.59 bits per heavy atom. The average Bonchev–Trinajstić information content (AvgIpc) is 2.74. The monoisotopic (exact) mass is 391 g/mol. The number of aromatic amines is 1. The highest BCUT2D eigenvalue weighted by atomic mass is 16.2. The maximum Gasteiger partial charge on any atom is 0.255 e. The zero-order chi connectivity index (χ0) is 20.6. The minimum Gasteiger partial charge on any atom is -0.341 e. The van der Waals surface area contributed by atoms with Crippen LogP contribution in [0.1, 0.15) is 16.8 Å². The van der Waals surface area contributed by atoms with Gasteiger partial charge in [0.2, 0.25) is 5.91 Å². The maximum atomic E-state index is 12.9. The van der Waals surface area contributed by atoms with Crippen LogP contribution in [0.4, 0.5) is 0 Å². The smallest absolute Gasteiger partial charge is 0.255 e. The van der Waals surface area contributed by atoms with Crippen LogP contribution in [-0.4, -0.2) is 45.4 Å². The van der Waals surface area contributed by atoms with E-state index in [1.54, 1.807) is 30.3 Å². The summed E-state index contributed by atoms with van der Waals surface area (Å²) in [5, 5.41) is 0. The second kappa shape index (κ2) is 9.75. The first kappa shape index (κ1) is 20.4. The van der Waals surface area contributed by atoms with Gasteiger partial charge >= 0.3 is 0 Å². The van der Waals surface area contributed by atoms with Crippen LogP contribution in [-0.2, 0) is 17.6 Å². The number of aryl methyl sites for hydroxylation is 1. The lowest BCUT2D eigenvalue weighted by Gasteiger charge is -2.22. The Labute approximate surface area is 169 Å². The highest BCUT2D eigenvalue weighted by molar-refractivity contribution is 5.79. The zero-order valence-corrected chi connectivity index (χ0v) is 16.5. The molecule has 2 heterocycles. The summed E-state index contributed by atoms with van der Waals surface area (Å²) in [6.45, 7) is 3.12. The number of H-pyrrole nitrogens is 1. The molecule has 0 saturated carbocycles. The first-order valence-corrected chi connectivity index (χ1v) is 9.60. The zero-order valence-electron chi connectivity index (χ0n) is 16.5. The highest BCUT2D eigenvalue weighted by Crippen LogP contribution is 2.13. The number of carbonyl (C=O) groups excluding carboxylic acids is 1. The van der Waals surface area contributed by atoms with Gasteiger partial charge in [-0.05, 0) is 31.0 Å². The van der Waals surface area contributed by atoms with Crippen molar-refractivity contribution in [3.8, 4) is 11.4 Å². The van der Waals surface area contributed by atoms with Gasteiger partial charge < -0.3 is 15.6 Å². The van der Waals surface area contributed by atoms with Crippen molar-refractivity contribution in [2.24, 2.45) is 5.73 Å². The SMILES string of the molecule is Cc1nc(-c2cccnc2)[nH]c(=O)c1CC(=O)N(CCN)CCc1ccccc1. The number of nitrogens with zero attached hydrogens (tertiary/aromatic N) is 3. The highest BCUT2D eigenvalue weighted by Gasteiger charge is 2.18. The summed E-state index contributed by atoms with van der Waals surface area (Å²) in [7, 11) is 0. The van der Waals surface area contributed by atoms with Crippen LogP contribution in [0, 0.1) is 6.92 Å². The van der Waals surface area contributed by atoms with Crippen molar-refractivity contribution in [2.75, 3.05) is 19.6 Å². The summed E-state index contributed by atoms with van der Waals surface area (Å²) in [4.78, 5) is 38.5. The van der Waals surface area contributed by atoms with E-state index in [-0.39, 0.29) is 17.9 Å². The average molecular weight is 391 g/mol. The van der Waals surface area contributed by atoms with Gasteiger partial charge in [0.05, 0.1) is 6.42 Å². The van der Waals surface area contributed by atoms with Crippen LogP contribution < -0.4 is 11.3 Å². The lowest BCUT2D eigenvalue weighted by molar-refractivity contribution is -0.130. The minimum absolute atomic E-state index is 0.00369.